The Bertz CT molecular complexity index is 617. The van der Waals surface area contributed by atoms with E-state index >= 15 is 0 Å². The van der Waals surface area contributed by atoms with Crippen molar-refractivity contribution in [2.75, 3.05) is 0 Å². The summed E-state index contributed by atoms with van der Waals surface area (Å²) in [6.45, 7) is 0. The molecule has 1 aromatic heterocycles. The van der Waals surface area contributed by atoms with E-state index in [1.54, 1.807) is 18.7 Å². The number of nitro benzene ring substituents is 3. The van der Waals surface area contributed by atoms with Gasteiger partial charge in [-0.05, 0) is 0 Å². The van der Waals surface area contributed by atoms with Gasteiger partial charge < -0.3 is 10.1 Å². The zero-order valence-corrected chi connectivity index (χ0v) is 10.1. The quantitative estimate of drug-likeness (QED) is 0.631. The number of nitrogens with one attached hydrogen (secondary N) is 1. The lowest BCUT2D eigenvalue weighted by molar-refractivity contribution is -0.404. The van der Waals surface area contributed by atoms with E-state index < -0.39 is 37.6 Å². The molecule has 0 saturated carbocycles. The zero-order chi connectivity index (χ0) is 16.0. The topological polar surface area (TPSA) is 178 Å². The second kappa shape index (κ2) is 6.55. The number of benzene rings is 1. The van der Waals surface area contributed by atoms with Gasteiger partial charge in [0, 0.05) is 12.4 Å². The highest BCUT2D eigenvalue weighted by atomic mass is 16.6. The zero-order valence-electron chi connectivity index (χ0n) is 10.1. The van der Waals surface area contributed by atoms with Crippen molar-refractivity contribution in [2.24, 2.45) is 0 Å². The van der Waals surface area contributed by atoms with Crippen LogP contribution >= 0.6 is 0 Å². The highest BCUT2D eigenvalue weighted by Crippen LogP contribution is 2.38. The fourth-order valence-corrected chi connectivity index (χ4v) is 1.19. The van der Waals surface area contributed by atoms with Crippen molar-refractivity contribution < 1.29 is 19.9 Å². The van der Waals surface area contributed by atoms with Gasteiger partial charge in [0.2, 0.25) is 0 Å². The third-order valence-corrected chi connectivity index (χ3v) is 2.06. The third kappa shape index (κ3) is 3.95. The van der Waals surface area contributed by atoms with Crippen LogP contribution in [0.4, 0.5) is 17.1 Å². The van der Waals surface area contributed by atoms with Crippen molar-refractivity contribution in [3.8, 4) is 5.75 Å². The summed E-state index contributed by atoms with van der Waals surface area (Å²) in [7, 11) is 0. The lowest BCUT2D eigenvalue weighted by Crippen LogP contribution is -1.97. The van der Waals surface area contributed by atoms with E-state index in [0.717, 1.165) is 0 Å². The minimum atomic E-state index is -1.21. The number of non-ortho nitro benzene ring substituents is 1. The van der Waals surface area contributed by atoms with Crippen LogP contribution in [-0.4, -0.2) is 29.8 Å². The van der Waals surface area contributed by atoms with Gasteiger partial charge in [-0.3, -0.25) is 30.3 Å². The van der Waals surface area contributed by atoms with Gasteiger partial charge in [0.25, 0.3) is 11.4 Å². The minimum absolute atomic E-state index is 0.447. The van der Waals surface area contributed by atoms with Crippen LogP contribution in [-0.2, 0) is 0 Å². The van der Waals surface area contributed by atoms with Gasteiger partial charge in [-0.25, -0.2) is 4.98 Å². The van der Waals surface area contributed by atoms with E-state index in [-0.39, 0.29) is 0 Å². The number of imidazole rings is 1. The van der Waals surface area contributed by atoms with Crippen molar-refractivity contribution in [3.05, 3.63) is 61.2 Å². The van der Waals surface area contributed by atoms with Crippen LogP contribution in [0.15, 0.2) is 30.9 Å². The first-order valence-electron chi connectivity index (χ1n) is 5.07. The lowest BCUT2D eigenvalue weighted by Gasteiger charge is -1.97. The van der Waals surface area contributed by atoms with E-state index in [9.17, 15) is 30.3 Å². The van der Waals surface area contributed by atoms with Crippen LogP contribution in [0.2, 0.25) is 0 Å². The molecule has 0 aliphatic heterocycles. The summed E-state index contributed by atoms with van der Waals surface area (Å²) >= 11 is 0. The molecule has 12 heteroatoms. The molecular formula is C9H7N5O7. The van der Waals surface area contributed by atoms with Crippen LogP contribution < -0.4 is 0 Å². The first-order valence-corrected chi connectivity index (χ1v) is 5.07. The summed E-state index contributed by atoms with van der Waals surface area (Å²) in [5.74, 6) is -1.21. The number of H-pyrrole nitrogens is 1. The van der Waals surface area contributed by atoms with E-state index in [4.69, 9.17) is 5.11 Å². The molecule has 2 aromatic rings. The Kier molecular flexibility index (Phi) is 4.83. The molecule has 2 rings (SSSR count). The predicted molar refractivity (Wildman–Crippen MR) is 66.7 cm³/mol. The Morgan fingerprint density at radius 3 is 1.76 bits per heavy atom. The van der Waals surface area contributed by atoms with E-state index in [0.29, 0.717) is 12.1 Å². The predicted octanol–water partition coefficient (Wildman–Crippen LogP) is 1.53. The average molecular weight is 297 g/mol. The molecule has 0 aliphatic rings. The first-order chi connectivity index (χ1) is 9.84. The number of nitro groups is 3. The summed E-state index contributed by atoms with van der Waals surface area (Å²) in [6, 6.07) is 0.894. The van der Waals surface area contributed by atoms with Gasteiger partial charge in [0.05, 0.1) is 33.2 Å². The molecule has 1 aromatic carbocycles. The lowest BCUT2D eigenvalue weighted by atomic mass is 10.2. The smallest absolute Gasteiger partial charge is 0.324 e. The molecule has 0 saturated heterocycles. The molecule has 2 N–H and O–H groups in total. The Balaban J connectivity index is 0.000000369. The second-order valence-electron chi connectivity index (χ2n) is 3.36. The Labute approximate surface area is 115 Å². The molecule has 0 radical (unpaired) electrons. The Hall–Kier alpha value is -3.57. The average Bonchev–Trinajstić information content (AvgIpc) is 2.96. The number of aromatic nitrogens is 2. The SMILES string of the molecule is O=[N+]([O-])c1cc([N+](=O)[O-])c(O)c([N+](=O)[O-])c1.c1c[nH]cn1. The molecule has 0 atom stereocenters. The maximum Gasteiger partial charge on any atom is 0.324 e. The Morgan fingerprint density at radius 1 is 1.00 bits per heavy atom. The number of nitrogens with zero attached hydrogens (tertiary/aromatic N) is 4. The fourth-order valence-electron chi connectivity index (χ4n) is 1.19. The van der Waals surface area contributed by atoms with Crippen LogP contribution in [0.25, 0.3) is 0 Å². The van der Waals surface area contributed by atoms with Gasteiger partial charge in [-0.1, -0.05) is 0 Å². The number of hydrogen-bond acceptors (Lipinski definition) is 8. The van der Waals surface area contributed by atoms with Crippen molar-refractivity contribution >= 4 is 17.1 Å². The van der Waals surface area contributed by atoms with Crippen molar-refractivity contribution in [3.63, 3.8) is 0 Å². The van der Waals surface area contributed by atoms with Gasteiger partial charge in [0.1, 0.15) is 0 Å². The van der Waals surface area contributed by atoms with Gasteiger partial charge in [0.15, 0.2) is 0 Å². The van der Waals surface area contributed by atoms with Crippen LogP contribution in [0.1, 0.15) is 0 Å². The molecule has 1 heterocycles. The first kappa shape index (κ1) is 15.5. The normalized spacial score (nSPS) is 9.33. The highest BCUT2D eigenvalue weighted by molar-refractivity contribution is 5.64. The molecule has 0 bridgehead atoms. The minimum Gasteiger partial charge on any atom is -0.497 e. The van der Waals surface area contributed by atoms with Crippen molar-refractivity contribution in [2.45, 2.75) is 0 Å². The number of phenolic OH excluding ortho intramolecular Hbond substituents is 1. The van der Waals surface area contributed by atoms with Crippen LogP contribution in [0.5, 0.6) is 5.75 Å². The van der Waals surface area contributed by atoms with Crippen LogP contribution in [0, 0.1) is 30.3 Å². The van der Waals surface area contributed by atoms with Gasteiger partial charge >= 0.3 is 11.4 Å². The van der Waals surface area contributed by atoms with Gasteiger partial charge in [-0.2, -0.15) is 0 Å². The Morgan fingerprint density at radius 2 is 1.52 bits per heavy atom. The molecule has 12 nitrogen and oxygen atoms in total. The highest BCUT2D eigenvalue weighted by Gasteiger charge is 2.29. The monoisotopic (exact) mass is 297 g/mol. The second-order valence-corrected chi connectivity index (χ2v) is 3.36. The van der Waals surface area contributed by atoms with E-state index in [2.05, 4.69) is 9.97 Å². The standard InChI is InChI=1S/C6H3N3O7.C3H4N2/c10-6-4(8(13)14)1-3(7(11)12)2-5(6)9(15)16;1-2-5-3-4-1/h1-2,10H;1-3H,(H,4,5). The van der Waals surface area contributed by atoms with E-state index in [1.165, 1.54) is 0 Å². The fraction of sp³-hybridized carbons (Fsp3) is 0. The molecule has 110 valence electrons. The number of aromatic amines is 1. The van der Waals surface area contributed by atoms with Crippen molar-refractivity contribution in [1.82, 2.24) is 9.97 Å². The molecule has 0 amide bonds. The largest absolute Gasteiger partial charge is 0.497 e. The summed E-state index contributed by atoms with van der Waals surface area (Å²) in [4.78, 5) is 34.2. The maximum atomic E-state index is 10.4. The molecule has 0 spiro atoms. The van der Waals surface area contributed by atoms with E-state index in [1.807, 2.05) is 0 Å². The number of hydrogen-bond donors (Lipinski definition) is 2. The third-order valence-electron chi connectivity index (χ3n) is 2.06. The number of phenols is 1. The summed E-state index contributed by atoms with van der Waals surface area (Å²) in [6.07, 6.45) is 5.08. The van der Waals surface area contributed by atoms with Crippen molar-refractivity contribution in [1.29, 1.82) is 0 Å². The van der Waals surface area contributed by atoms with Crippen LogP contribution in [0.3, 0.4) is 0 Å². The summed E-state index contributed by atoms with van der Waals surface area (Å²) in [5.41, 5.74) is -3.00. The molecule has 0 fully saturated rings. The number of rotatable bonds is 3. The summed E-state index contributed by atoms with van der Waals surface area (Å²) in [5, 5.41) is 40.2. The number of aromatic hydroxyl groups is 1. The molecule has 21 heavy (non-hydrogen) atoms. The summed E-state index contributed by atoms with van der Waals surface area (Å²) < 4.78 is 0. The molecular weight excluding hydrogens is 290 g/mol. The molecule has 0 unspecified atom stereocenters. The molecule has 0 aliphatic carbocycles. The maximum absolute atomic E-state index is 10.4. The van der Waals surface area contributed by atoms with Gasteiger partial charge in [-0.15, -0.1) is 0 Å².